The number of nitrogens with one attached hydrogen (secondary N) is 2. The van der Waals surface area contributed by atoms with Crippen LogP contribution in [0.3, 0.4) is 0 Å². The normalized spacial score (nSPS) is 14.9. The molecule has 7 heteroatoms. The Bertz CT molecular complexity index is 680. The SMILES string of the molecule is O=S(=O)(Nc1ncn[nH]1)c1ccc2c(c1)CCCC2. The van der Waals surface area contributed by atoms with Crippen LogP contribution in [0.15, 0.2) is 29.4 Å². The summed E-state index contributed by atoms with van der Waals surface area (Å²) in [5, 5.41) is 6.08. The molecule has 1 heterocycles. The summed E-state index contributed by atoms with van der Waals surface area (Å²) in [4.78, 5) is 4.03. The molecule has 0 spiro atoms. The van der Waals surface area contributed by atoms with Crippen LogP contribution in [-0.4, -0.2) is 23.6 Å². The quantitative estimate of drug-likeness (QED) is 0.890. The third-order valence-electron chi connectivity index (χ3n) is 3.28. The molecular formula is C12H14N4O2S. The molecule has 1 aliphatic carbocycles. The molecule has 0 amide bonds. The molecule has 2 N–H and O–H groups in total. The summed E-state index contributed by atoms with van der Waals surface area (Å²) in [5.41, 5.74) is 2.39. The molecule has 6 nitrogen and oxygen atoms in total. The summed E-state index contributed by atoms with van der Waals surface area (Å²) in [7, 11) is -3.60. The van der Waals surface area contributed by atoms with Gasteiger partial charge in [-0.25, -0.2) is 18.2 Å². The van der Waals surface area contributed by atoms with E-state index in [1.807, 2.05) is 6.07 Å². The lowest BCUT2D eigenvalue weighted by atomic mass is 9.92. The number of nitrogens with zero attached hydrogens (tertiary/aromatic N) is 2. The van der Waals surface area contributed by atoms with Crippen molar-refractivity contribution in [2.75, 3.05) is 4.72 Å². The predicted octanol–water partition coefficient (Wildman–Crippen LogP) is 1.48. The molecule has 0 bridgehead atoms. The van der Waals surface area contributed by atoms with E-state index >= 15 is 0 Å². The van der Waals surface area contributed by atoms with Gasteiger partial charge in [0.05, 0.1) is 4.90 Å². The number of H-pyrrole nitrogens is 1. The third kappa shape index (κ3) is 2.46. The monoisotopic (exact) mass is 278 g/mol. The first-order valence-electron chi connectivity index (χ1n) is 6.15. The van der Waals surface area contributed by atoms with Crippen molar-refractivity contribution in [3.63, 3.8) is 0 Å². The number of anilines is 1. The zero-order valence-corrected chi connectivity index (χ0v) is 11.1. The second-order valence-electron chi connectivity index (χ2n) is 4.58. The summed E-state index contributed by atoms with van der Waals surface area (Å²) >= 11 is 0. The Kier molecular flexibility index (Phi) is 2.98. The number of aromatic nitrogens is 3. The van der Waals surface area contributed by atoms with E-state index in [0.29, 0.717) is 0 Å². The Morgan fingerprint density at radius 2 is 1.95 bits per heavy atom. The van der Waals surface area contributed by atoms with Crippen LogP contribution in [-0.2, 0) is 22.9 Å². The minimum atomic E-state index is -3.60. The molecule has 0 saturated heterocycles. The molecule has 0 radical (unpaired) electrons. The number of sulfonamides is 1. The largest absolute Gasteiger partial charge is 0.264 e. The van der Waals surface area contributed by atoms with Crippen molar-refractivity contribution in [1.82, 2.24) is 15.2 Å². The highest BCUT2D eigenvalue weighted by Gasteiger charge is 2.18. The molecule has 0 saturated carbocycles. The molecule has 0 unspecified atom stereocenters. The van der Waals surface area contributed by atoms with Crippen molar-refractivity contribution in [2.45, 2.75) is 30.6 Å². The molecule has 1 aromatic carbocycles. The highest BCUT2D eigenvalue weighted by atomic mass is 32.2. The number of fused-ring (bicyclic) bond motifs is 1. The number of hydrogen-bond donors (Lipinski definition) is 2. The maximum atomic E-state index is 12.2. The number of aryl methyl sites for hydroxylation is 2. The van der Waals surface area contributed by atoms with E-state index in [9.17, 15) is 8.42 Å². The highest BCUT2D eigenvalue weighted by molar-refractivity contribution is 7.92. The van der Waals surface area contributed by atoms with Gasteiger partial charge in [-0.05, 0) is 48.9 Å². The Balaban J connectivity index is 1.93. The molecule has 2 aromatic rings. The van der Waals surface area contributed by atoms with Gasteiger partial charge in [0.1, 0.15) is 6.33 Å². The molecule has 1 aromatic heterocycles. The molecular weight excluding hydrogens is 264 g/mol. The molecule has 0 atom stereocenters. The average Bonchev–Trinajstić information content (AvgIpc) is 2.90. The minimum absolute atomic E-state index is 0.123. The van der Waals surface area contributed by atoms with Crippen molar-refractivity contribution in [2.24, 2.45) is 0 Å². The summed E-state index contributed by atoms with van der Waals surface area (Å²) in [6.07, 6.45) is 5.53. The van der Waals surface area contributed by atoms with Crippen LogP contribution in [0.5, 0.6) is 0 Å². The van der Waals surface area contributed by atoms with Crippen LogP contribution in [0, 0.1) is 0 Å². The van der Waals surface area contributed by atoms with Crippen LogP contribution in [0.2, 0.25) is 0 Å². The van der Waals surface area contributed by atoms with E-state index in [1.54, 1.807) is 12.1 Å². The van der Waals surface area contributed by atoms with Crippen LogP contribution >= 0.6 is 0 Å². The molecule has 3 rings (SSSR count). The smallest absolute Gasteiger partial charge is 0.248 e. The Labute approximate surface area is 111 Å². The highest BCUT2D eigenvalue weighted by Crippen LogP contribution is 2.24. The third-order valence-corrected chi connectivity index (χ3v) is 4.61. The molecule has 19 heavy (non-hydrogen) atoms. The van der Waals surface area contributed by atoms with Gasteiger partial charge in [-0.1, -0.05) is 6.07 Å². The average molecular weight is 278 g/mol. The van der Waals surface area contributed by atoms with Gasteiger partial charge in [0.15, 0.2) is 0 Å². The van der Waals surface area contributed by atoms with Gasteiger partial charge in [-0.15, -0.1) is 0 Å². The predicted molar refractivity (Wildman–Crippen MR) is 70.3 cm³/mol. The first-order valence-corrected chi connectivity index (χ1v) is 7.63. The molecule has 0 aliphatic heterocycles. The van der Waals surface area contributed by atoms with Crippen LogP contribution < -0.4 is 4.72 Å². The summed E-state index contributed by atoms with van der Waals surface area (Å²) in [6, 6.07) is 5.31. The molecule has 0 fully saturated rings. The lowest BCUT2D eigenvalue weighted by molar-refractivity contribution is 0.600. The lowest BCUT2D eigenvalue weighted by Gasteiger charge is -2.16. The van der Waals surface area contributed by atoms with Crippen molar-refractivity contribution in [1.29, 1.82) is 0 Å². The number of rotatable bonds is 3. The number of aromatic amines is 1. The summed E-state index contributed by atoms with van der Waals surface area (Å²) < 4.78 is 26.7. The fourth-order valence-electron chi connectivity index (χ4n) is 2.32. The number of hydrogen-bond acceptors (Lipinski definition) is 4. The Morgan fingerprint density at radius 3 is 2.68 bits per heavy atom. The van der Waals surface area contributed by atoms with Gasteiger partial charge >= 0.3 is 0 Å². The van der Waals surface area contributed by atoms with Gasteiger partial charge in [0, 0.05) is 0 Å². The van der Waals surface area contributed by atoms with E-state index < -0.39 is 10.0 Å². The van der Waals surface area contributed by atoms with E-state index in [2.05, 4.69) is 19.9 Å². The van der Waals surface area contributed by atoms with Crippen molar-refractivity contribution >= 4 is 16.0 Å². The maximum Gasteiger partial charge on any atom is 0.264 e. The second-order valence-corrected chi connectivity index (χ2v) is 6.26. The first-order chi connectivity index (χ1) is 9.15. The topological polar surface area (TPSA) is 87.7 Å². The zero-order valence-electron chi connectivity index (χ0n) is 10.3. The minimum Gasteiger partial charge on any atom is -0.248 e. The van der Waals surface area contributed by atoms with Gasteiger partial charge in [0.25, 0.3) is 10.0 Å². The van der Waals surface area contributed by atoms with Gasteiger partial charge in [-0.3, -0.25) is 0 Å². The second kappa shape index (κ2) is 4.65. The Morgan fingerprint density at radius 1 is 1.16 bits per heavy atom. The maximum absolute atomic E-state index is 12.2. The standard InChI is InChI=1S/C12H14N4O2S/c17-19(18,16-12-13-8-14-15-12)11-6-5-9-3-1-2-4-10(9)7-11/h5-8H,1-4H2,(H2,13,14,15,16). The van der Waals surface area contributed by atoms with Crippen molar-refractivity contribution < 1.29 is 8.42 Å². The lowest BCUT2D eigenvalue weighted by Crippen LogP contribution is -2.15. The Hall–Kier alpha value is -1.89. The van der Waals surface area contributed by atoms with Crippen molar-refractivity contribution in [3.05, 3.63) is 35.7 Å². The molecule has 1 aliphatic rings. The van der Waals surface area contributed by atoms with E-state index in [-0.39, 0.29) is 10.8 Å². The summed E-state index contributed by atoms with van der Waals surface area (Å²) in [5.74, 6) is 0.123. The van der Waals surface area contributed by atoms with Crippen LogP contribution in [0.4, 0.5) is 5.95 Å². The summed E-state index contributed by atoms with van der Waals surface area (Å²) in [6.45, 7) is 0. The van der Waals surface area contributed by atoms with E-state index in [4.69, 9.17) is 0 Å². The number of benzene rings is 1. The fourth-order valence-corrected chi connectivity index (χ4v) is 3.33. The fraction of sp³-hybridized carbons (Fsp3) is 0.333. The van der Waals surface area contributed by atoms with E-state index in [0.717, 1.165) is 24.8 Å². The van der Waals surface area contributed by atoms with Crippen LogP contribution in [0.1, 0.15) is 24.0 Å². The van der Waals surface area contributed by atoms with Gasteiger partial charge in [-0.2, -0.15) is 10.1 Å². The van der Waals surface area contributed by atoms with E-state index in [1.165, 1.54) is 18.3 Å². The van der Waals surface area contributed by atoms with Gasteiger partial charge in [0.2, 0.25) is 5.95 Å². The van der Waals surface area contributed by atoms with Crippen molar-refractivity contribution in [3.8, 4) is 0 Å². The first kappa shape index (κ1) is 12.2. The zero-order chi connectivity index (χ0) is 13.3. The molecule has 100 valence electrons. The van der Waals surface area contributed by atoms with Crippen LogP contribution in [0.25, 0.3) is 0 Å². The van der Waals surface area contributed by atoms with Gasteiger partial charge < -0.3 is 0 Å².